The molecule has 5 heteroatoms. The first-order chi connectivity index (χ1) is 13.4. The molecule has 0 aromatic heterocycles. The number of Topliss-reactive ketones (excluding diaryl/α,β-unsaturated/α-hetero) is 1. The summed E-state index contributed by atoms with van der Waals surface area (Å²) < 4.78 is 4.66. The van der Waals surface area contributed by atoms with Gasteiger partial charge in [0, 0.05) is 25.2 Å². The summed E-state index contributed by atoms with van der Waals surface area (Å²) in [5, 5.41) is 9.81. The fourth-order valence-corrected chi connectivity index (χ4v) is 2.90. The smallest absolute Gasteiger partial charge is 0.303 e. The maximum atomic E-state index is 12.1. The third kappa shape index (κ3) is 10.2. The van der Waals surface area contributed by atoms with Gasteiger partial charge in [-0.25, -0.2) is 0 Å². The summed E-state index contributed by atoms with van der Waals surface area (Å²) >= 11 is 0. The van der Waals surface area contributed by atoms with Gasteiger partial charge < -0.3 is 9.84 Å². The Morgan fingerprint density at radius 2 is 2.04 bits per heavy atom. The third-order valence-corrected chi connectivity index (χ3v) is 4.46. The van der Waals surface area contributed by atoms with E-state index in [1.54, 1.807) is 12.2 Å². The van der Waals surface area contributed by atoms with Gasteiger partial charge in [-0.05, 0) is 38.2 Å². The molecule has 5 nitrogen and oxygen atoms in total. The summed E-state index contributed by atoms with van der Waals surface area (Å²) in [7, 11) is 0. The second kappa shape index (κ2) is 13.8. The Morgan fingerprint density at radius 1 is 1.25 bits per heavy atom. The zero-order valence-corrected chi connectivity index (χ0v) is 16.9. The summed E-state index contributed by atoms with van der Waals surface area (Å²) in [5.41, 5.74) is 0. The van der Waals surface area contributed by atoms with E-state index in [4.69, 9.17) is 0 Å². The quantitative estimate of drug-likeness (QED) is 0.294. The average Bonchev–Trinajstić information content (AvgIpc) is 3.01. The average molecular weight is 389 g/mol. The number of rotatable bonds is 13. The molecule has 0 aromatic carbocycles. The Morgan fingerprint density at radius 3 is 2.75 bits per heavy atom. The highest BCUT2D eigenvalue weighted by Gasteiger charge is 2.26. The van der Waals surface area contributed by atoms with Crippen molar-refractivity contribution in [1.29, 1.82) is 0 Å². The van der Waals surface area contributed by atoms with Crippen molar-refractivity contribution >= 4 is 17.5 Å². The van der Waals surface area contributed by atoms with Crippen LogP contribution >= 0.6 is 0 Å². The van der Waals surface area contributed by atoms with Gasteiger partial charge in [0.1, 0.15) is 6.61 Å². The van der Waals surface area contributed by atoms with Crippen LogP contribution in [0.1, 0.15) is 52.4 Å². The number of carbonyl (C=O) groups excluding carboxylic acids is 3. The first-order valence-corrected chi connectivity index (χ1v) is 9.97. The van der Waals surface area contributed by atoms with Gasteiger partial charge in [0.05, 0.1) is 6.10 Å². The number of hydrogen-bond donors (Lipinski definition) is 1. The molecule has 0 bridgehead atoms. The van der Waals surface area contributed by atoms with Gasteiger partial charge in [-0.2, -0.15) is 0 Å². The van der Waals surface area contributed by atoms with E-state index in [0.29, 0.717) is 25.7 Å². The van der Waals surface area contributed by atoms with Crippen LogP contribution in [0.25, 0.3) is 0 Å². The van der Waals surface area contributed by atoms with Crippen LogP contribution in [-0.2, 0) is 19.1 Å². The molecule has 1 aliphatic carbocycles. The molecular weight excluding hydrogens is 356 g/mol. The summed E-state index contributed by atoms with van der Waals surface area (Å²) in [5.74, 6) is -0.438. The first-order valence-electron chi connectivity index (χ1n) is 9.97. The number of ketones is 2. The second-order valence-corrected chi connectivity index (χ2v) is 6.93. The number of aliphatic hydroxyl groups excluding tert-OH is 1. The molecule has 0 heterocycles. The molecular formula is C23H32O5. The lowest BCUT2D eigenvalue weighted by atomic mass is 9.90. The summed E-state index contributed by atoms with van der Waals surface area (Å²) in [4.78, 5) is 34.2. The van der Waals surface area contributed by atoms with Crippen LogP contribution in [0, 0.1) is 11.8 Å². The number of allylic oxidation sites excluding steroid dienone is 6. The molecule has 1 N–H and O–H groups in total. The number of ether oxygens (including phenoxy) is 1. The molecule has 3 atom stereocenters. The lowest BCUT2D eigenvalue weighted by Crippen LogP contribution is -2.13. The van der Waals surface area contributed by atoms with Gasteiger partial charge in [0.2, 0.25) is 0 Å². The van der Waals surface area contributed by atoms with E-state index in [0.717, 1.165) is 12.8 Å². The normalized spacial score (nSPS) is 20.6. The molecule has 0 aromatic rings. The van der Waals surface area contributed by atoms with E-state index < -0.39 is 12.1 Å². The number of hydrogen-bond acceptors (Lipinski definition) is 5. The Hall–Kier alpha value is -2.27. The summed E-state index contributed by atoms with van der Waals surface area (Å²) in [6, 6.07) is 0. The highest BCUT2D eigenvalue weighted by molar-refractivity contribution is 5.95. The van der Waals surface area contributed by atoms with Crippen LogP contribution in [0.5, 0.6) is 0 Å². The van der Waals surface area contributed by atoms with E-state index in [1.807, 2.05) is 43.4 Å². The molecule has 0 saturated carbocycles. The minimum Gasteiger partial charge on any atom is -0.458 e. The van der Waals surface area contributed by atoms with Gasteiger partial charge in [-0.3, -0.25) is 14.4 Å². The van der Waals surface area contributed by atoms with Crippen LogP contribution < -0.4 is 0 Å². The van der Waals surface area contributed by atoms with Gasteiger partial charge >= 0.3 is 5.97 Å². The molecule has 1 unspecified atom stereocenters. The predicted octanol–water partition coefficient (Wildman–Crippen LogP) is 3.88. The fraction of sp³-hybridized carbons (Fsp3) is 0.522. The van der Waals surface area contributed by atoms with Crippen molar-refractivity contribution in [3.8, 4) is 0 Å². The number of esters is 1. The van der Waals surface area contributed by atoms with Crippen LogP contribution in [-0.4, -0.2) is 35.4 Å². The Labute approximate surface area is 167 Å². The molecule has 0 saturated heterocycles. The maximum Gasteiger partial charge on any atom is 0.303 e. The van der Waals surface area contributed by atoms with Gasteiger partial charge in [-0.1, -0.05) is 49.5 Å². The molecule has 0 radical (unpaired) electrons. The number of carbonyl (C=O) groups is 3. The molecule has 1 rings (SSSR count). The van der Waals surface area contributed by atoms with Crippen molar-refractivity contribution in [3.05, 3.63) is 48.6 Å². The Kier molecular flexibility index (Phi) is 11.7. The van der Waals surface area contributed by atoms with Crippen LogP contribution in [0.4, 0.5) is 0 Å². The SMILES string of the molecule is CCC=CC(O)CC=C[C@H]1C=CC(=O)[C@@H]1CC=CCCCC(=O)COC(C)=O. The standard InChI is InChI=1S/C23H32O5/c1-3-4-11-20(25)13-9-10-19-15-16-23(27)22(19)14-8-6-5-7-12-21(26)17-28-18(2)24/h4,6,8-11,15-16,19-20,22,25H,3,5,7,12-14,17H2,1-2H3/t19-,20?,22+/m0/s1. The third-order valence-electron chi connectivity index (χ3n) is 4.46. The molecule has 154 valence electrons. The maximum absolute atomic E-state index is 12.1. The fourth-order valence-electron chi connectivity index (χ4n) is 2.90. The molecule has 0 fully saturated rings. The molecule has 0 amide bonds. The second-order valence-electron chi connectivity index (χ2n) is 6.93. The topological polar surface area (TPSA) is 80.7 Å². The van der Waals surface area contributed by atoms with E-state index in [-0.39, 0.29) is 30.0 Å². The van der Waals surface area contributed by atoms with Crippen LogP contribution in [0.2, 0.25) is 0 Å². The van der Waals surface area contributed by atoms with E-state index in [9.17, 15) is 19.5 Å². The van der Waals surface area contributed by atoms with Gasteiger partial charge in [-0.15, -0.1) is 0 Å². The Balaban J connectivity index is 2.32. The minimum absolute atomic E-state index is 0.0600. The van der Waals surface area contributed by atoms with E-state index in [1.165, 1.54) is 6.92 Å². The first kappa shape index (κ1) is 23.8. The number of aliphatic hydroxyl groups is 1. The zero-order valence-electron chi connectivity index (χ0n) is 16.9. The lowest BCUT2D eigenvalue weighted by Gasteiger charge is -2.12. The molecule has 1 aliphatic rings. The van der Waals surface area contributed by atoms with Gasteiger partial charge in [0.15, 0.2) is 11.6 Å². The van der Waals surface area contributed by atoms with Crippen LogP contribution in [0.15, 0.2) is 48.6 Å². The molecule has 0 aliphatic heterocycles. The van der Waals surface area contributed by atoms with Crippen LogP contribution in [0.3, 0.4) is 0 Å². The van der Waals surface area contributed by atoms with E-state index >= 15 is 0 Å². The van der Waals surface area contributed by atoms with Gasteiger partial charge in [0.25, 0.3) is 0 Å². The lowest BCUT2D eigenvalue weighted by molar-refractivity contribution is -0.145. The summed E-state index contributed by atoms with van der Waals surface area (Å²) in [6.45, 7) is 3.15. The van der Waals surface area contributed by atoms with Crippen molar-refractivity contribution < 1.29 is 24.2 Å². The Bertz CT molecular complexity index is 627. The number of unbranched alkanes of at least 4 members (excludes halogenated alkanes) is 1. The van der Waals surface area contributed by atoms with Crippen molar-refractivity contribution in [2.24, 2.45) is 11.8 Å². The highest BCUT2D eigenvalue weighted by Crippen LogP contribution is 2.27. The zero-order chi connectivity index (χ0) is 20.8. The largest absolute Gasteiger partial charge is 0.458 e. The predicted molar refractivity (Wildman–Crippen MR) is 110 cm³/mol. The highest BCUT2D eigenvalue weighted by atomic mass is 16.5. The van der Waals surface area contributed by atoms with Crippen molar-refractivity contribution in [2.75, 3.05) is 6.61 Å². The summed E-state index contributed by atoms with van der Waals surface area (Å²) in [6.07, 6.45) is 18.6. The van der Waals surface area contributed by atoms with E-state index in [2.05, 4.69) is 4.74 Å². The minimum atomic E-state index is -0.487. The van der Waals surface area contributed by atoms with Crippen molar-refractivity contribution in [1.82, 2.24) is 0 Å². The monoisotopic (exact) mass is 388 g/mol. The molecule has 28 heavy (non-hydrogen) atoms. The van der Waals surface area contributed by atoms with Crippen molar-refractivity contribution in [3.63, 3.8) is 0 Å². The molecule has 0 spiro atoms. The van der Waals surface area contributed by atoms with Crippen molar-refractivity contribution in [2.45, 2.75) is 58.5 Å².